The molecular formula is C22H26ClN3O3. The molecule has 0 radical (unpaired) electrons. The van der Waals surface area contributed by atoms with Gasteiger partial charge in [0.25, 0.3) is 0 Å². The van der Waals surface area contributed by atoms with E-state index < -0.39 is 0 Å². The third-order valence-electron chi connectivity index (χ3n) is 4.95. The lowest BCUT2D eigenvalue weighted by Gasteiger charge is -2.24. The maximum Gasteiger partial charge on any atom is 0.142 e. The highest BCUT2D eigenvalue weighted by Crippen LogP contribution is 2.32. The van der Waals surface area contributed by atoms with Gasteiger partial charge in [0, 0.05) is 17.6 Å². The fourth-order valence-corrected chi connectivity index (χ4v) is 3.42. The van der Waals surface area contributed by atoms with E-state index >= 15 is 0 Å². The van der Waals surface area contributed by atoms with E-state index in [1.807, 2.05) is 36.5 Å². The first kappa shape index (κ1) is 21.0. The summed E-state index contributed by atoms with van der Waals surface area (Å²) in [6.07, 6.45) is 4.21. The molecule has 0 spiro atoms. The van der Waals surface area contributed by atoms with E-state index in [1.165, 1.54) is 0 Å². The van der Waals surface area contributed by atoms with Gasteiger partial charge in [0.2, 0.25) is 0 Å². The standard InChI is InChI=1S/C22H25N3O3.ClH/c1-26-18-5-6-21(27-2)20(13-18)25-22-12-16-11-19(4-3-15(16)14-24-22)28-17-7-9-23-10-8-17;/h3-6,11-14,17,23H,7-10H2,1-2H3,(H,24,25);1H. The molecule has 0 bridgehead atoms. The molecular weight excluding hydrogens is 390 g/mol. The number of fused-ring (bicyclic) bond motifs is 1. The molecule has 1 fully saturated rings. The second-order valence-corrected chi connectivity index (χ2v) is 6.84. The van der Waals surface area contributed by atoms with Crippen molar-refractivity contribution in [2.75, 3.05) is 32.6 Å². The number of ether oxygens (including phenoxy) is 3. The second-order valence-electron chi connectivity index (χ2n) is 6.84. The highest BCUT2D eigenvalue weighted by molar-refractivity contribution is 5.86. The number of piperidine rings is 1. The molecule has 29 heavy (non-hydrogen) atoms. The van der Waals surface area contributed by atoms with Gasteiger partial charge in [-0.3, -0.25) is 0 Å². The maximum absolute atomic E-state index is 6.17. The Morgan fingerprint density at radius 2 is 1.72 bits per heavy atom. The Kier molecular flexibility index (Phi) is 7.01. The third-order valence-corrected chi connectivity index (χ3v) is 4.95. The summed E-state index contributed by atoms with van der Waals surface area (Å²) in [5.41, 5.74) is 0.802. The van der Waals surface area contributed by atoms with E-state index in [0.29, 0.717) is 0 Å². The van der Waals surface area contributed by atoms with E-state index in [9.17, 15) is 0 Å². The zero-order valence-corrected chi connectivity index (χ0v) is 17.4. The quantitative estimate of drug-likeness (QED) is 0.615. The zero-order chi connectivity index (χ0) is 19.3. The Balaban J connectivity index is 0.00000240. The molecule has 0 saturated carbocycles. The van der Waals surface area contributed by atoms with Crippen LogP contribution in [-0.4, -0.2) is 38.4 Å². The van der Waals surface area contributed by atoms with Crippen molar-refractivity contribution in [2.24, 2.45) is 0 Å². The number of benzene rings is 2. The minimum absolute atomic E-state index is 0. The van der Waals surface area contributed by atoms with Crippen LogP contribution in [-0.2, 0) is 0 Å². The van der Waals surface area contributed by atoms with Crippen molar-refractivity contribution < 1.29 is 14.2 Å². The van der Waals surface area contributed by atoms with Crippen LogP contribution in [0.25, 0.3) is 10.8 Å². The number of aromatic nitrogens is 1. The van der Waals surface area contributed by atoms with Crippen LogP contribution in [0.2, 0.25) is 0 Å². The molecule has 7 heteroatoms. The molecule has 2 N–H and O–H groups in total. The number of nitrogens with one attached hydrogen (secondary N) is 2. The van der Waals surface area contributed by atoms with Crippen LogP contribution in [0, 0.1) is 0 Å². The van der Waals surface area contributed by atoms with Crippen molar-refractivity contribution in [3.63, 3.8) is 0 Å². The van der Waals surface area contributed by atoms with Gasteiger partial charge in [0.15, 0.2) is 0 Å². The van der Waals surface area contributed by atoms with Crippen LogP contribution in [0.15, 0.2) is 48.7 Å². The average Bonchev–Trinajstić information content (AvgIpc) is 2.74. The molecule has 1 aliphatic rings. The number of halogens is 1. The Labute approximate surface area is 177 Å². The molecule has 1 saturated heterocycles. The molecule has 154 valence electrons. The molecule has 0 aliphatic carbocycles. The fourth-order valence-electron chi connectivity index (χ4n) is 3.42. The van der Waals surface area contributed by atoms with E-state index in [4.69, 9.17) is 14.2 Å². The van der Waals surface area contributed by atoms with Gasteiger partial charge in [-0.25, -0.2) is 4.98 Å². The maximum atomic E-state index is 6.17. The van der Waals surface area contributed by atoms with Crippen LogP contribution >= 0.6 is 12.4 Å². The Bertz CT molecular complexity index is 961. The number of nitrogens with zero attached hydrogens (tertiary/aromatic N) is 1. The first-order chi connectivity index (χ1) is 13.7. The summed E-state index contributed by atoms with van der Waals surface area (Å²) in [6.45, 7) is 2.03. The van der Waals surface area contributed by atoms with Crippen LogP contribution in [0.4, 0.5) is 11.5 Å². The van der Waals surface area contributed by atoms with E-state index in [1.54, 1.807) is 14.2 Å². The smallest absolute Gasteiger partial charge is 0.142 e. The van der Waals surface area contributed by atoms with Gasteiger partial charge < -0.3 is 24.8 Å². The molecule has 1 aliphatic heterocycles. The number of hydrogen-bond acceptors (Lipinski definition) is 6. The Morgan fingerprint density at radius 3 is 2.48 bits per heavy atom. The zero-order valence-electron chi connectivity index (χ0n) is 16.6. The predicted molar refractivity (Wildman–Crippen MR) is 118 cm³/mol. The van der Waals surface area contributed by atoms with Gasteiger partial charge in [-0.2, -0.15) is 0 Å². The lowest BCUT2D eigenvalue weighted by Crippen LogP contribution is -2.34. The van der Waals surface area contributed by atoms with Gasteiger partial charge in [-0.05, 0) is 67.7 Å². The molecule has 0 unspecified atom stereocenters. The molecule has 3 aromatic rings. The van der Waals surface area contributed by atoms with E-state index in [0.717, 1.165) is 65.5 Å². The molecule has 0 amide bonds. The summed E-state index contributed by atoms with van der Waals surface area (Å²) in [5, 5.41) is 8.83. The molecule has 1 aromatic heterocycles. The SMILES string of the molecule is COc1ccc(OC)c(Nc2cc3cc(OC4CCNCC4)ccc3cn2)c1.Cl. The Morgan fingerprint density at radius 1 is 0.931 bits per heavy atom. The highest BCUT2D eigenvalue weighted by atomic mass is 35.5. The molecule has 6 nitrogen and oxygen atoms in total. The normalized spacial score (nSPS) is 14.1. The van der Waals surface area contributed by atoms with Crippen LogP contribution in [0.1, 0.15) is 12.8 Å². The summed E-state index contributed by atoms with van der Waals surface area (Å²) in [5.74, 6) is 3.11. The van der Waals surface area contributed by atoms with E-state index in [-0.39, 0.29) is 18.5 Å². The predicted octanol–water partition coefficient (Wildman–Crippen LogP) is 4.55. The van der Waals surface area contributed by atoms with Crippen molar-refractivity contribution in [2.45, 2.75) is 18.9 Å². The minimum Gasteiger partial charge on any atom is -0.497 e. The lowest BCUT2D eigenvalue weighted by atomic mass is 10.1. The first-order valence-corrected chi connectivity index (χ1v) is 9.51. The summed E-state index contributed by atoms with van der Waals surface area (Å²) >= 11 is 0. The average molecular weight is 416 g/mol. The van der Waals surface area contributed by atoms with Crippen LogP contribution in [0.5, 0.6) is 17.2 Å². The van der Waals surface area contributed by atoms with Gasteiger partial charge in [0.05, 0.1) is 19.9 Å². The molecule has 2 aromatic carbocycles. The number of hydrogen-bond donors (Lipinski definition) is 2. The minimum atomic E-state index is 0. The number of rotatable bonds is 6. The van der Waals surface area contributed by atoms with Crippen molar-refractivity contribution >= 4 is 34.7 Å². The third kappa shape index (κ3) is 5.02. The summed E-state index contributed by atoms with van der Waals surface area (Å²) in [7, 11) is 3.29. The number of anilines is 2. The summed E-state index contributed by atoms with van der Waals surface area (Å²) in [4.78, 5) is 4.52. The van der Waals surface area contributed by atoms with Crippen molar-refractivity contribution in [3.8, 4) is 17.2 Å². The molecule has 2 heterocycles. The Hall–Kier alpha value is -2.70. The topological polar surface area (TPSA) is 64.6 Å². The van der Waals surface area contributed by atoms with Gasteiger partial charge in [-0.15, -0.1) is 12.4 Å². The first-order valence-electron chi connectivity index (χ1n) is 9.51. The van der Waals surface area contributed by atoms with Crippen molar-refractivity contribution in [1.29, 1.82) is 0 Å². The summed E-state index contributed by atoms with van der Waals surface area (Å²) < 4.78 is 16.9. The second kappa shape index (κ2) is 9.67. The number of methoxy groups -OCH3 is 2. The molecule has 4 rings (SSSR count). The lowest BCUT2D eigenvalue weighted by molar-refractivity contribution is 0.162. The van der Waals surface area contributed by atoms with Gasteiger partial charge >= 0.3 is 0 Å². The van der Waals surface area contributed by atoms with Gasteiger partial charge in [0.1, 0.15) is 29.2 Å². The van der Waals surface area contributed by atoms with Gasteiger partial charge in [-0.1, -0.05) is 0 Å². The fraction of sp³-hybridized carbons (Fsp3) is 0.318. The molecule has 0 atom stereocenters. The highest BCUT2D eigenvalue weighted by Gasteiger charge is 2.14. The number of pyridine rings is 1. The monoisotopic (exact) mass is 415 g/mol. The van der Waals surface area contributed by atoms with Crippen molar-refractivity contribution in [1.82, 2.24) is 10.3 Å². The van der Waals surface area contributed by atoms with Crippen LogP contribution in [0.3, 0.4) is 0 Å². The summed E-state index contributed by atoms with van der Waals surface area (Å²) in [6, 6.07) is 13.8. The van der Waals surface area contributed by atoms with Crippen LogP contribution < -0.4 is 24.8 Å². The van der Waals surface area contributed by atoms with E-state index in [2.05, 4.69) is 27.8 Å². The van der Waals surface area contributed by atoms with Crippen molar-refractivity contribution in [3.05, 3.63) is 48.7 Å². The largest absolute Gasteiger partial charge is 0.497 e.